The summed E-state index contributed by atoms with van der Waals surface area (Å²) in [5.41, 5.74) is 4.86. The minimum Gasteiger partial charge on any atom is -0.482 e. The van der Waals surface area contributed by atoms with Gasteiger partial charge in [0.25, 0.3) is 3.79 Å². The molecule has 1 N–H and O–H groups in total. The van der Waals surface area contributed by atoms with Crippen molar-refractivity contribution in [1.82, 2.24) is 0 Å². The number of esters is 2. The number of halogens is 3. The molecule has 4 aromatic carbocycles. The molecule has 5 atom stereocenters. The molecule has 2 aliphatic rings. The Morgan fingerprint density at radius 3 is 1.91 bits per heavy atom. The number of ether oxygens (including phenoxy) is 8. The lowest BCUT2D eigenvalue weighted by Gasteiger charge is -2.44. The lowest BCUT2D eigenvalue weighted by molar-refractivity contribution is -0.298. The number of rotatable bonds is 13. The van der Waals surface area contributed by atoms with E-state index in [2.05, 4.69) is 0 Å². The monoisotopic (exact) mass is 811 g/mol. The Morgan fingerprint density at radius 2 is 1.29 bits per heavy atom. The maximum absolute atomic E-state index is 13.3. The van der Waals surface area contributed by atoms with Crippen LogP contribution in [0.4, 0.5) is 4.79 Å². The number of hydrogen-bond donors (Lipinski definition) is 1. The number of carbonyl (C=O) groups is 3. The van der Waals surface area contributed by atoms with Crippen molar-refractivity contribution in [3.05, 3.63) is 126 Å². The van der Waals surface area contributed by atoms with Gasteiger partial charge in [0.1, 0.15) is 31.2 Å². The van der Waals surface area contributed by atoms with Gasteiger partial charge in [0.2, 0.25) is 18.3 Å². The lowest BCUT2D eigenvalue weighted by atomic mass is 9.98. The van der Waals surface area contributed by atoms with Gasteiger partial charge in [-0.15, -0.1) is 0 Å². The summed E-state index contributed by atoms with van der Waals surface area (Å²) in [7, 11) is 0. The molecule has 1 fully saturated rings. The summed E-state index contributed by atoms with van der Waals surface area (Å²) in [5.74, 6) is -2.43. The molecule has 15 heteroatoms. The van der Waals surface area contributed by atoms with Crippen molar-refractivity contribution in [1.29, 1.82) is 5.41 Å². The van der Waals surface area contributed by atoms with Crippen LogP contribution in [0, 0.1) is 5.41 Å². The number of fused-ring (bicyclic) bond motifs is 3. The normalized spacial score (nSPS) is 20.3. The molecule has 4 aromatic rings. The SMILES string of the molecule is CC(=O)O[C@@H]1[C@@H](OC(=N)C(Cl)(Cl)Cl)O[C@H](COC(=O)OCC2c3ccccc3-c3ccccc32)[C@@H](OCc2ccccc2)[C@@H]1OC(=O)COc1ccccc1. The molecule has 0 aromatic heterocycles. The van der Waals surface area contributed by atoms with Crippen LogP contribution in [0.2, 0.25) is 0 Å². The smallest absolute Gasteiger partial charge is 0.482 e. The van der Waals surface area contributed by atoms with Crippen LogP contribution < -0.4 is 4.74 Å². The highest BCUT2D eigenvalue weighted by molar-refractivity contribution is 6.76. The number of carbonyl (C=O) groups excluding carboxylic acids is 3. The third-order valence-corrected chi connectivity index (χ3v) is 9.25. The van der Waals surface area contributed by atoms with Crippen LogP contribution in [0.1, 0.15) is 29.5 Å². The number of alkyl halides is 3. The molecule has 0 radical (unpaired) electrons. The number of benzene rings is 4. The molecule has 0 bridgehead atoms. The highest BCUT2D eigenvalue weighted by atomic mass is 35.6. The number of para-hydroxylation sites is 1. The third kappa shape index (κ3) is 10.3. The van der Waals surface area contributed by atoms with E-state index < -0.39 is 71.7 Å². The first kappa shape index (κ1) is 39.8. The molecule has 12 nitrogen and oxygen atoms in total. The van der Waals surface area contributed by atoms with Gasteiger partial charge in [-0.3, -0.25) is 10.2 Å². The Bertz CT molecular complexity index is 1920. The molecular weight excluding hydrogens is 777 g/mol. The third-order valence-electron chi connectivity index (χ3n) is 8.73. The van der Waals surface area contributed by atoms with E-state index in [0.29, 0.717) is 5.75 Å². The fraction of sp³-hybridized carbons (Fsp3) is 0.300. The highest BCUT2D eigenvalue weighted by Gasteiger charge is 2.53. The van der Waals surface area contributed by atoms with Gasteiger partial charge in [-0.25, -0.2) is 9.59 Å². The molecule has 55 heavy (non-hydrogen) atoms. The van der Waals surface area contributed by atoms with E-state index in [-0.39, 0.29) is 19.1 Å². The summed E-state index contributed by atoms with van der Waals surface area (Å²) < 4.78 is 43.9. The molecule has 1 aliphatic carbocycles. The molecule has 1 saturated heterocycles. The Morgan fingerprint density at radius 1 is 0.709 bits per heavy atom. The van der Waals surface area contributed by atoms with E-state index in [0.717, 1.165) is 34.7 Å². The second kappa shape index (κ2) is 18.2. The fourth-order valence-corrected chi connectivity index (χ4v) is 6.47. The second-order valence-corrected chi connectivity index (χ2v) is 14.8. The Balaban J connectivity index is 1.24. The molecule has 0 amide bonds. The van der Waals surface area contributed by atoms with Crippen molar-refractivity contribution in [3.63, 3.8) is 0 Å². The van der Waals surface area contributed by atoms with E-state index in [9.17, 15) is 14.4 Å². The fourth-order valence-electron chi connectivity index (χ4n) is 6.34. The minimum atomic E-state index is -2.35. The van der Waals surface area contributed by atoms with Gasteiger partial charge in [0, 0.05) is 12.8 Å². The quantitative estimate of drug-likeness (QED) is 0.0469. The van der Waals surface area contributed by atoms with Gasteiger partial charge >= 0.3 is 18.1 Å². The Hall–Kier alpha value is -4.85. The number of hydrogen-bond acceptors (Lipinski definition) is 12. The van der Waals surface area contributed by atoms with Crippen LogP contribution in [0.5, 0.6) is 5.75 Å². The van der Waals surface area contributed by atoms with Gasteiger partial charge < -0.3 is 37.9 Å². The lowest BCUT2D eigenvalue weighted by Crippen LogP contribution is -2.63. The summed E-state index contributed by atoms with van der Waals surface area (Å²) in [6.07, 6.45) is -8.35. The maximum Gasteiger partial charge on any atom is 0.508 e. The van der Waals surface area contributed by atoms with E-state index >= 15 is 0 Å². The first-order chi connectivity index (χ1) is 26.5. The molecule has 1 heterocycles. The predicted octanol–water partition coefficient (Wildman–Crippen LogP) is 7.55. The summed E-state index contributed by atoms with van der Waals surface area (Å²) >= 11 is 17.8. The Kier molecular flexibility index (Phi) is 13.2. The molecular formula is C40H36Cl3NO11. The van der Waals surface area contributed by atoms with Gasteiger partial charge in [0.15, 0.2) is 12.7 Å². The first-order valence-electron chi connectivity index (χ1n) is 17.1. The van der Waals surface area contributed by atoms with E-state index in [1.54, 1.807) is 54.6 Å². The van der Waals surface area contributed by atoms with Crippen LogP contribution in [0.3, 0.4) is 0 Å². The topological polar surface area (TPSA) is 149 Å². The standard InChI is InChI=1S/C40H36Cl3NO11/c1-24(45)52-36-35(54-33(46)23-48-26-14-6-3-7-15-26)34(49-20-25-12-4-2-5-13-25)32(53-37(36)55-38(44)40(41,42)43)22-51-39(47)50-21-31-29-18-10-8-16-27(29)28-17-9-11-19-30(28)31/h2-19,31-32,34-37,44H,20-23H2,1H3/t32-,34-,35+,36+,37-/m1/s1. The van der Waals surface area contributed by atoms with Crippen molar-refractivity contribution < 1.29 is 52.3 Å². The minimum absolute atomic E-state index is 0.0192. The number of nitrogens with one attached hydrogen (secondary N) is 1. The zero-order valence-corrected chi connectivity index (χ0v) is 31.6. The van der Waals surface area contributed by atoms with E-state index in [1.165, 1.54) is 0 Å². The zero-order valence-electron chi connectivity index (χ0n) is 29.3. The van der Waals surface area contributed by atoms with Gasteiger partial charge in [-0.2, -0.15) is 0 Å². The van der Waals surface area contributed by atoms with Crippen LogP contribution >= 0.6 is 34.8 Å². The predicted molar refractivity (Wildman–Crippen MR) is 201 cm³/mol. The highest BCUT2D eigenvalue weighted by Crippen LogP contribution is 2.44. The zero-order chi connectivity index (χ0) is 39.0. The summed E-state index contributed by atoms with van der Waals surface area (Å²) in [6, 6.07) is 33.3. The van der Waals surface area contributed by atoms with Crippen LogP contribution in [0.25, 0.3) is 11.1 Å². The largest absolute Gasteiger partial charge is 0.508 e. The molecule has 6 rings (SSSR count). The molecule has 1 aliphatic heterocycles. The summed E-state index contributed by atoms with van der Waals surface area (Å²) in [5, 5.41) is 8.23. The van der Waals surface area contributed by atoms with Gasteiger partial charge in [-0.1, -0.05) is 132 Å². The van der Waals surface area contributed by atoms with Crippen molar-refractivity contribution >= 4 is 58.8 Å². The van der Waals surface area contributed by atoms with Gasteiger partial charge in [-0.05, 0) is 39.9 Å². The van der Waals surface area contributed by atoms with Crippen molar-refractivity contribution in [2.24, 2.45) is 0 Å². The average molecular weight is 813 g/mol. The molecule has 0 unspecified atom stereocenters. The van der Waals surface area contributed by atoms with Crippen LogP contribution in [-0.2, 0) is 49.4 Å². The van der Waals surface area contributed by atoms with E-state index in [1.807, 2.05) is 54.6 Å². The summed E-state index contributed by atoms with van der Waals surface area (Å²) in [4.78, 5) is 39.0. The average Bonchev–Trinajstić information content (AvgIpc) is 3.50. The van der Waals surface area contributed by atoms with Crippen LogP contribution in [-0.4, -0.2) is 78.3 Å². The molecule has 288 valence electrons. The second-order valence-electron chi connectivity index (χ2n) is 12.5. The first-order valence-corrected chi connectivity index (χ1v) is 18.3. The van der Waals surface area contributed by atoms with Gasteiger partial charge in [0.05, 0.1) is 6.61 Å². The maximum atomic E-state index is 13.3. The van der Waals surface area contributed by atoms with Crippen LogP contribution in [0.15, 0.2) is 109 Å². The van der Waals surface area contributed by atoms with Crippen molar-refractivity contribution in [3.8, 4) is 16.9 Å². The molecule has 0 saturated carbocycles. The Labute approximate surface area is 331 Å². The van der Waals surface area contributed by atoms with Crippen molar-refractivity contribution in [2.45, 2.75) is 53.9 Å². The molecule has 0 spiro atoms. The summed E-state index contributed by atoms with van der Waals surface area (Å²) in [6.45, 7) is -0.0167. The van der Waals surface area contributed by atoms with E-state index in [4.69, 9.17) is 78.1 Å². The van der Waals surface area contributed by atoms with Crippen molar-refractivity contribution in [2.75, 3.05) is 19.8 Å².